The quantitative estimate of drug-likeness (QED) is 0.573. The summed E-state index contributed by atoms with van der Waals surface area (Å²) < 4.78 is 5.20. The lowest BCUT2D eigenvalue weighted by molar-refractivity contribution is -0.122. The van der Waals surface area contributed by atoms with Crippen LogP contribution in [0.3, 0.4) is 0 Å². The molecule has 3 rings (SSSR count). The van der Waals surface area contributed by atoms with Crippen molar-refractivity contribution in [2.75, 3.05) is 7.11 Å². The first-order chi connectivity index (χ1) is 11.3. The Morgan fingerprint density at radius 3 is 2.52 bits per heavy atom. The largest absolute Gasteiger partial charge is 0.496 e. The molecule has 0 unspecified atom stereocenters. The number of rotatable bonds is 5. The van der Waals surface area contributed by atoms with Gasteiger partial charge in [-0.15, -0.1) is 0 Å². The maximum absolute atomic E-state index is 11.9. The molecule has 0 atom stereocenters. The number of hydrogen-bond acceptors (Lipinski definition) is 5. The molecule has 0 bridgehead atoms. The summed E-state index contributed by atoms with van der Waals surface area (Å²) in [5.74, 6) is 0.377. The molecule has 116 valence electrons. The average Bonchev–Trinajstić information content (AvgIpc) is 2.97. The predicted octanol–water partition coefficient (Wildman–Crippen LogP) is 1.59. The molecule has 23 heavy (non-hydrogen) atoms. The van der Waals surface area contributed by atoms with Gasteiger partial charge in [-0.25, -0.2) is 5.43 Å². The van der Waals surface area contributed by atoms with Crippen LogP contribution in [0, 0.1) is 0 Å². The van der Waals surface area contributed by atoms with Gasteiger partial charge in [-0.05, 0) is 24.3 Å². The van der Waals surface area contributed by atoms with Gasteiger partial charge in [0.2, 0.25) is 0 Å². The number of benzene rings is 2. The highest BCUT2D eigenvalue weighted by Gasteiger charge is 2.06. The lowest BCUT2D eigenvalue weighted by atomic mass is 10.2. The minimum atomic E-state index is -0.309. The number of nitrogens with one attached hydrogen (secondary N) is 1. The van der Waals surface area contributed by atoms with E-state index >= 15 is 0 Å². The molecule has 7 nitrogen and oxygen atoms in total. The first-order valence-corrected chi connectivity index (χ1v) is 7.01. The molecule has 1 N–H and O–H groups in total. The third-order valence-electron chi connectivity index (χ3n) is 3.14. The number of nitrogens with zero attached hydrogens (tertiary/aromatic N) is 4. The van der Waals surface area contributed by atoms with Crippen molar-refractivity contribution in [3.8, 4) is 5.75 Å². The fraction of sp³-hybridized carbons (Fsp3) is 0.125. The topological polar surface area (TPSA) is 81.4 Å². The van der Waals surface area contributed by atoms with E-state index in [-0.39, 0.29) is 12.5 Å². The number of amides is 1. The fourth-order valence-electron chi connectivity index (χ4n) is 2.09. The van der Waals surface area contributed by atoms with Gasteiger partial charge in [0, 0.05) is 5.56 Å². The van der Waals surface area contributed by atoms with Gasteiger partial charge in [0.15, 0.2) is 0 Å². The second-order valence-electron chi connectivity index (χ2n) is 4.75. The van der Waals surface area contributed by atoms with Crippen LogP contribution in [-0.4, -0.2) is 34.2 Å². The summed E-state index contributed by atoms with van der Waals surface area (Å²) >= 11 is 0. The van der Waals surface area contributed by atoms with E-state index in [2.05, 4.69) is 20.7 Å². The molecule has 7 heteroatoms. The van der Waals surface area contributed by atoms with Crippen molar-refractivity contribution in [1.29, 1.82) is 0 Å². The number of carbonyl (C=O) groups excluding carboxylic acids is 1. The lowest BCUT2D eigenvalue weighted by Crippen LogP contribution is -2.24. The van der Waals surface area contributed by atoms with Crippen molar-refractivity contribution in [1.82, 2.24) is 20.4 Å². The third-order valence-corrected chi connectivity index (χ3v) is 3.14. The van der Waals surface area contributed by atoms with Crippen molar-refractivity contribution >= 4 is 23.2 Å². The molecule has 1 heterocycles. The Labute approximate surface area is 132 Å². The Bertz CT molecular complexity index is 823. The number of ether oxygens (including phenoxy) is 1. The van der Waals surface area contributed by atoms with Gasteiger partial charge < -0.3 is 4.74 Å². The number of para-hydroxylation sites is 1. The first kappa shape index (κ1) is 14.7. The SMILES string of the molecule is COc1ccccc1/C=N\NC(=O)Cn1nc2ccccc2n1. The zero-order valence-electron chi connectivity index (χ0n) is 12.5. The van der Waals surface area contributed by atoms with Crippen LogP contribution in [-0.2, 0) is 11.3 Å². The zero-order valence-corrected chi connectivity index (χ0v) is 12.5. The Morgan fingerprint density at radius 1 is 1.17 bits per heavy atom. The van der Waals surface area contributed by atoms with Crippen molar-refractivity contribution in [3.05, 3.63) is 54.1 Å². The second kappa shape index (κ2) is 6.69. The number of fused-ring (bicyclic) bond motifs is 1. The fourth-order valence-corrected chi connectivity index (χ4v) is 2.09. The Balaban J connectivity index is 1.62. The average molecular weight is 309 g/mol. The molecule has 0 aliphatic carbocycles. The molecule has 1 amide bonds. The van der Waals surface area contributed by atoms with Gasteiger partial charge in [0.25, 0.3) is 5.91 Å². The zero-order chi connectivity index (χ0) is 16.1. The van der Waals surface area contributed by atoms with Crippen LogP contribution in [0.15, 0.2) is 53.6 Å². The van der Waals surface area contributed by atoms with Crippen LogP contribution >= 0.6 is 0 Å². The van der Waals surface area contributed by atoms with E-state index < -0.39 is 0 Å². The second-order valence-corrected chi connectivity index (χ2v) is 4.75. The minimum Gasteiger partial charge on any atom is -0.496 e. The molecule has 1 aromatic heterocycles. The monoisotopic (exact) mass is 309 g/mol. The van der Waals surface area contributed by atoms with Gasteiger partial charge in [-0.2, -0.15) is 20.1 Å². The standard InChI is InChI=1S/C16H15N5O2/c1-23-15-9-5-2-6-12(15)10-17-18-16(22)11-21-19-13-7-3-4-8-14(13)20-21/h2-10H,11H2,1H3,(H,18,22)/b17-10-. The molecule has 0 spiro atoms. The van der Waals surface area contributed by atoms with E-state index in [0.717, 1.165) is 16.6 Å². The molecule has 0 saturated heterocycles. The van der Waals surface area contributed by atoms with Crippen LogP contribution in [0.5, 0.6) is 5.75 Å². The molecular weight excluding hydrogens is 294 g/mol. The summed E-state index contributed by atoms with van der Waals surface area (Å²) in [6.45, 7) is -0.00204. The Morgan fingerprint density at radius 2 is 1.83 bits per heavy atom. The van der Waals surface area contributed by atoms with Crippen LogP contribution in [0.25, 0.3) is 11.0 Å². The molecule has 0 saturated carbocycles. The van der Waals surface area contributed by atoms with Crippen molar-refractivity contribution in [2.45, 2.75) is 6.54 Å². The van der Waals surface area contributed by atoms with E-state index in [1.807, 2.05) is 48.5 Å². The highest BCUT2D eigenvalue weighted by Crippen LogP contribution is 2.14. The highest BCUT2D eigenvalue weighted by molar-refractivity contribution is 5.85. The van der Waals surface area contributed by atoms with Crippen LogP contribution in [0.4, 0.5) is 0 Å². The van der Waals surface area contributed by atoms with E-state index in [0.29, 0.717) is 5.75 Å². The lowest BCUT2D eigenvalue weighted by Gasteiger charge is -2.03. The van der Waals surface area contributed by atoms with Crippen molar-refractivity contribution in [3.63, 3.8) is 0 Å². The Kier molecular flexibility index (Phi) is 4.28. The van der Waals surface area contributed by atoms with Crippen molar-refractivity contribution in [2.24, 2.45) is 5.10 Å². The number of carbonyl (C=O) groups is 1. The van der Waals surface area contributed by atoms with E-state index in [9.17, 15) is 4.79 Å². The smallest absolute Gasteiger partial charge is 0.263 e. The summed E-state index contributed by atoms with van der Waals surface area (Å²) in [6.07, 6.45) is 1.53. The van der Waals surface area contributed by atoms with Gasteiger partial charge in [0.05, 0.1) is 13.3 Å². The summed E-state index contributed by atoms with van der Waals surface area (Å²) in [5, 5.41) is 12.4. The number of methoxy groups -OCH3 is 1. The van der Waals surface area contributed by atoms with Crippen molar-refractivity contribution < 1.29 is 9.53 Å². The van der Waals surface area contributed by atoms with E-state index in [1.54, 1.807) is 7.11 Å². The molecular formula is C16H15N5O2. The van der Waals surface area contributed by atoms with E-state index in [4.69, 9.17) is 4.74 Å². The van der Waals surface area contributed by atoms with Crippen LogP contribution in [0.1, 0.15) is 5.56 Å². The molecule has 2 aromatic carbocycles. The molecule has 3 aromatic rings. The summed E-state index contributed by atoms with van der Waals surface area (Å²) in [4.78, 5) is 13.2. The normalized spacial score (nSPS) is 11.0. The summed E-state index contributed by atoms with van der Waals surface area (Å²) in [7, 11) is 1.58. The predicted molar refractivity (Wildman–Crippen MR) is 86.3 cm³/mol. The minimum absolute atomic E-state index is 0.00204. The maximum atomic E-state index is 11.9. The van der Waals surface area contributed by atoms with Gasteiger partial charge in [-0.3, -0.25) is 4.79 Å². The van der Waals surface area contributed by atoms with Gasteiger partial charge in [0.1, 0.15) is 23.3 Å². The van der Waals surface area contributed by atoms with Gasteiger partial charge in [-0.1, -0.05) is 24.3 Å². The maximum Gasteiger partial charge on any atom is 0.263 e. The van der Waals surface area contributed by atoms with Crippen LogP contribution < -0.4 is 10.2 Å². The van der Waals surface area contributed by atoms with E-state index in [1.165, 1.54) is 11.0 Å². The first-order valence-electron chi connectivity index (χ1n) is 7.01. The molecule has 0 aliphatic rings. The summed E-state index contributed by atoms with van der Waals surface area (Å²) in [6, 6.07) is 14.8. The third kappa shape index (κ3) is 3.52. The molecule has 0 fully saturated rings. The molecule has 0 radical (unpaired) electrons. The number of hydrazone groups is 1. The molecule has 0 aliphatic heterocycles. The number of hydrogen-bond donors (Lipinski definition) is 1. The Hall–Kier alpha value is -3.22. The summed E-state index contributed by atoms with van der Waals surface area (Å²) in [5.41, 5.74) is 4.72. The highest BCUT2D eigenvalue weighted by atomic mass is 16.5. The van der Waals surface area contributed by atoms with Crippen LogP contribution in [0.2, 0.25) is 0 Å². The number of aromatic nitrogens is 3. The van der Waals surface area contributed by atoms with Gasteiger partial charge >= 0.3 is 0 Å².